The van der Waals surface area contributed by atoms with Crippen LogP contribution in [-0.4, -0.2) is 11.1 Å². The summed E-state index contributed by atoms with van der Waals surface area (Å²) in [6.45, 7) is 0. The van der Waals surface area contributed by atoms with Gasteiger partial charge in [-0.2, -0.15) is 0 Å². The third kappa shape index (κ3) is 3.43. The Morgan fingerprint density at radius 3 is 3.00 bits per heavy atom. The first-order chi connectivity index (χ1) is 5.79. The summed E-state index contributed by atoms with van der Waals surface area (Å²) in [4.78, 5) is 10.4. The fraction of sp³-hybridized carbons (Fsp3) is 0.700. The van der Waals surface area contributed by atoms with E-state index in [2.05, 4.69) is 11.8 Å². The molecular formula is C10H14O2. The van der Waals surface area contributed by atoms with Crippen LogP contribution in [0.2, 0.25) is 0 Å². The zero-order chi connectivity index (χ0) is 8.81. The summed E-state index contributed by atoms with van der Waals surface area (Å²) >= 11 is 0. The SMILES string of the molecule is O=C(O)CC1C#CCCCCC1. The Morgan fingerprint density at radius 2 is 2.25 bits per heavy atom. The molecule has 1 N–H and O–H groups in total. The summed E-state index contributed by atoms with van der Waals surface area (Å²) in [7, 11) is 0. The van der Waals surface area contributed by atoms with Gasteiger partial charge >= 0.3 is 5.97 Å². The molecule has 1 unspecified atom stereocenters. The van der Waals surface area contributed by atoms with Crippen LogP contribution in [0, 0.1) is 17.8 Å². The molecule has 1 aliphatic rings. The van der Waals surface area contributed by atoms with E-state index in [0.29, 0.717) is 0 Å². The van der Waals surface area contributed by atoms with Crippen molar-refractivity contribution in [3.63, 3.8) is 0 Å². The highest BCUT2D eigenvalue weighted by atomic mass is 16.4. The van der Waals surface area contributed by atoms with Crippen molar-refractivity contribution in [2.45, 2.75) is 38.5 Å². The summed E-state index contributed by atoms with van der Waals surface area (Å²) in [6, 6.07) is 0. The third-order valence-corrected chi connectivity index (χ3v) is 2.08. The van der Waals surface area contributed by atoms with Crippen molar-refractivity contribution in [3.05, 3.63) is 0 Å². The second-order valence-corrected chi connectivity index (χ2v) is 3.22. The van der Waals surface area contributed by atoms with E-state index < -0.39 is 5.97 Å². The van der Waals surface area contributed by atoms with Crippen molar-refractivity contribution in [2.75, 3.05) is 0 Å². The fourth-order valence-corrected chi connectivity index (χ4v) is 1.43. The van der Waals surface area contributed by atoms with Gasteiger partial charge in [-0.3, -0.25) is 4.79 Å². The number of carboxylic acids is 1. The molecule has 2 nitrogen and oxygen atoms in total. The molecular weight excluding hydrogens is 152 g/mol. The summed E-state index contributed by atoms with van der Waals surface area (Å²) in [5.74, 6) is 5.42. The molecule has 0 saturated heterocycles. The lowest BCUT2D eigenvalue weighted by molar-refractivity contribution is -0.137. The molecule has 0 heterocycles. The van der Waals surface area contributed by atoms with Gasteiger partial charge in [0.15, 0.2) is 0 Å². The maximum absolute atomic E-state index is 10.4. The third-order valence-electron chi connectivity index (χ3n) is 2.08. The highest BCUT2D eigenvalue weighted by Gasteiger charge is 2.10. The van der Waals surface area contributed by atoms with Crippen molar-refractivity contribution in [1.82, 2.24) is 0 Å². The lowest BCUT2D eigenvalue weighted by atomic mass is 9.96. The van der Waals surface area contributed by atoms with Crippen LogP contribution >= 0.6 is 0 Å². The molecule has 1 aliphatic carbocycles. The Morgan fingerprint density at radius 1 is 1.42 bits per heavy atom. The van der Waals surface area contributed by atoms with Gasteiger partial charge in [0.05, 0.1) is 6.42 Å². The molecule has 2 heteroatoms. The van der Waals surface area contributed by atoms with Crippen LogP contribution in [0.25, 0.3) is 0 Å². The minimum atomic E-state index is -0.727. The minimum Gasteiger partial charge on any atom is -0.481 e. The number of hydrogen-bond acceptors (Lipinski definition) is 1. The van der Waals surface area contributed by atoms with Gasteiger partial charge in [0.25, 0.3) is 0 Å². The molecule has 0 radical (unpaired) electrons. The molecule has 66 valence electrons. The summed E-state index contributed by atoms with van der Waals surface area (Å²) in [5.41, 5.74) is 0. The van der Waals surface area contributed by atoms with E-state index in [1.165, 1.54) is 12.8 Å². The van der Waals surface area contributed by atoms with E-state index in [1.807, 2.05) is 0 Å². The van der Waals surface area contributed by atoms with Gasteiger partial charge in [-0.25, -0.2) is 0 Å². The van der Waals surface area contributed by atoms with E-state index in [-0.39, 0.29) is 12.3 Å². The van der Waals surface area contributed by atoms with Crippen LogP contribution < -0.4 is 0 Å². The Bertz CT molecular complexity index is 210. The Balaban J connectivity index is 2.43. The van der Waals surface area contributed by atoms with Crippen molar-refractivity contribution >= 4 is 5.97 Å². The zero-order valence-corrected chi connectivity index (χ0v) is 7.18. The molecule has 0 spiro atoms. The highest BCUT2D eigenvalue weighted by molar-refractivity contribution is 5.67. The molecule has 1 rings (SSSR count). The summed E-state index contributed by atoms with van der Waals surface area (Å²) < 4.78 is 0. The van der Waals surface area contributed by atoms with Gasteiger partial charge in [0, 0.05) is 12.3 Å². The van der Waals surface area contributed by atoms with Crippen LogP contribution in [0.4, 0.5) is 0 Å². The van der Waals surface area contributed by atoms with Crippen LogP contribution in [-0.2, 0) is 4.79 Å². The minimum absolute atomic E-state index is 0.0998. The monoisotopic (exact) mass is 166 g/mol. The first-order valence-electron chi connectivity index (χ1n) is 4.49. The van der Waals surface area contributed by atoms with Gasteiger partial charge in [-0.1, -0.05) is 18.8 Å². The molecule has 0 bridgehead atoms. The molecule has 12 heavy (non-hydrogen) atoms. The highest BCUT2D eigenvalue weighted by Crippen LogP contribution is 2.15. The van der Waals surface area contributed by atoms with Crippen molar-refractivity contribution in [3.8, 4) is 11.8 Å². The summed E-state index contributed by atoms with van der Waals surface area (Å²) in [6.07, 6.45) is 5.62. The lowest BCUT2D eigenvalue weighted by Gasteiger charge is -2.09. The standard InChI is InChI=1S/C10H14O2/c11-10(12)8-9-6-4-2-1-3-5-7-9/h9H,1-4,6,8H2,(H,11,12). The van der Waals surface area contributed by atoms with E-state index in [9.17, 15) is 4.79 Å². The second-order valence-electron chi connectivity index (χ2n) is 3.22. The van der Waals surface area contributed by atoms with E-state index in [4.69, 9.17) is 5.11 Å². The van der Waals surface area contributed by atoms with E-state index in [1.54, 1.807) is 0 Å². The maximum atomic E-state index is 10.4. The van der Waals surface area contributed by atoms with Gasteiger partial charge in [0.1, 0.15) is 0 Å². The largest absolute Gasteiger partial charge is 0.481 e. The van der Waals surface area contributed by atoms with Gasteiger partial charge < -0.3 is 5.11 Å². The zero-order valence-electron chi connectivity index (χ0n) is 7.18. The molecule has 0 fully saturated rings. The number of carbonyl (C=O) groups is 1. The molecule has 0 aromatic heterocycles. The molecule has 0 amide bonds. The first-order valence-corrected chi connectivity index (χ1v) is 4.49. The number of aliphatic carboxylic acids is 1. The van der Waals surface area contributed by atoms with E-state index in [0.717, 1.165) is 19.3 Å². The molecule has 0 saturated carbocycles. The van der Waals surface area contributed by atoms with Gasteiger partial charge in [-0.05, 0) is 12.8 Å². The molecule has 0 aliphatic heterocycles. The second kappa shape index (κ2) is 4.82. The smallest absolute Gasteiger partial charge is 0.304 e. The average molecular weight is 166 g/mol. The predicted octanol–water partition coefficient (Wildman–Crippen LogP) is 2.04. The molecule has 0 aromatic rings. The summed E-state index contributed by atoms with van der Waals surface area (Å²) in [5, 5.41) is 8.56. The quantitative estimate of drug-likeness (QED) is 0.637. The van der Waals surface area contributed by atoms with Crippen LogP contribution in [0.15, 0.2) is 0 Å². The molecule has 0 aromatic carbocycles. The van der Waals surface area contributed by atoms with Crippen molar-refractivity contribution in [2.24, 2.45) is 5.92 Å². The molecule has 1 atom stereocenters. The van der Waals surface area contributed by atoms with E-state index >= 15 is 0 Å². The fourth-order valence-electron chi connectivity index (χ4n) is 1.43. The number of carboxylic acid groups (broad SMARTS) is 1. The van der Waals surface area contributed by atoms with Gasteiger partial charge in [-0.15, -0.1) is 5.92 Å². The number of rotatable bonds is 2. The van der Waals surface area contributed by atoms with Crippen LogP contribution in [0.5, 0.6) is 0 Å². The maximum Gasteiger partial charge on any atom is 0.304 e. The predicted molar refractivity (Wildman–Crippen MR) is 46.6 cm³/mol. The lowest BCUT2D eigenvalue weighted by Crippen LogP contribution is -2.06. The van der Waals surface area contributed by atoms with Crippen molar-refractivity contribution < 1.29 is 9.90 Å². The van der Waals surface area contributed by atoms with Crippen LogP contribution in [0.1, 0.15) is 38.5 Å². The van der Waals surface area contributed by atoms with Crippen molar-refractivity contribution in [1.29, 1.82) is 0 Å². The Labute approximate surface area is 73.0 Å². The average Bonchev–Trinajstić information content (AvgIpc) is 1.93. The normalized spacial score (nSPS) is 23.2. The van der Waals surface area contributed by atoms with Crippen LogP contribution in [0.3, 0.4) is 0 Å². The Hall–Kier alpha value is -0.970. The number of hydrogen-bond donors (Lipinski definition) is 1. The Kier molecular flexibility index (Phi) is 3.66. The van der Waals surface area contributed by atoms with Gasteiger partial charge in [0.2, 0.25) is 0 Å². The first kappa shape index (κ1) is 9.12. The topological polar surface area (TPSA) is 37.3 Å².